The number of rotatable bonds is 8. The van der Waals surface area contributed by atoms with E-state index in [4.69, 9.17) is 31.3 Å². The van der Waals surface area contributed by atoms with Gasteiger partial charge in [-0.05, 0) is 117 Å². The SMILES string of the molecule is CC(C)(OC(=O)c1ccc(O)cc1)c1ccc(O)cc1.N#CBr.[C-]#[N+]Oc1ccc(C(=O)OC(C)(C)c2ccc(OC#N)cc2)cc1. The van der Waals surface area contributed by atoms with E-state index in [1.807, 2.05) is 0 Å². The van der Waals surface area contributed by atoms with Gasteiger partial charge in [0, 0.05) is 15.9 Å². The van der Waals surface area contributed by atoms with Crippen LogP contribution >= 0.6 is 15.9 Å². The standard InChI is InChI=1S/C18H14N2O4.C16H16O4.CBrN/c1-18(2,14-6-10-15(11-7-14)22-12-19)23-17(21)13-4-8-16(9-5-13)24-20-3;1-16(2,12-5-9-14(18)10-6-12)20-15(19)11-3-7-13(17)8-4-11;2-1-3/h4-11H,1-2H3;3-10,17-18H,1-2H3;. The van der Waals surface area contributed by atoms with E-state index in [1.54, 1.807) is 87.5 Å². The molecule has 0 aromatic heterocycles. The van der Waals surface area contributed by atoms with Crippen LogP contribution in [0.5, 0.6) is 23.0 Å². The third kappa shape index (κ3) is 11.8. The Labute approximate surface area is 280 Å². The Bertz CT molecular complexity index is 1750. The van der Waals surface area contributed by atoms with Crippen LogP contribution in [0.15, 0.2) is 97.1 Å². The predicted octanol–water partition coefficient (Wildman–Crippen LogP) is 7.90. The number of phenolic OH excluding ortho intramolecular Hbond substituents is 2. The fourth-order valence-corrected chi connectivity index (χ4v) is 3.84. The quantitative estimate of drug-likeness (QED) is 0.0799. The van der Waals surface area contributed by atoms with E-state index in [0.717, 1.165) is 11.1 Å². The number of benzene rings is 4. The summed E-state index contributed by atoms with van der Waals surface area (Å²) < 4.78 is 15.8. The van der Waals surface area contributed by atoms with E-state index < -0.39 is 23.1 Å². The minimum absolute atomic E-state index is 0.0966. The predicted molar refractivity (Wildman–Crippen MR) is 174 cm³/mol. The maximum absolute atomic E-state index is 12.3. The molecular formula is C35H30BrN3O8. The fourth-order valence-electron chi connectivity index (χ4n) is 3.84. The summed E-state index contributed by atoms with van der Waals surface area (Å²) in [5, 5.41) is 37.0. The molecule has 0 aliphatic rings. The zero-order valence-corrected chi connectivity index (χ0v) is 27.4. The number of hydrogen-bond acceptors (Lipinski definition) is 10. The maximum atomic E-state index is 12.3. The lowest BCUT2D eigenvalue weighted by molar-refractivity contribution is -0.00421. The second-order valence-electron chi connectivity index (χ2n) is 10.4. The van der Waals surface area contributed by atoms with Crippen molar-refractivity contribution in [1.29, 1.82) is 10.5 Å². The van der Waals surface area contributed by atoms with Gasteiger partial charge in [0.15, 0.2) is 0 Å². The Balaban J connectivity index is 0.000000306. The number of carbonyl (C=O) groups is 2. The number of nitriles is 2. The molecule has 4 rings (SSSR count). The van der Waals surface area contributed by atoms with Gasteiger partial charge in [-0.15, -0.1) is 5.26 Å². The van der Waals surface area contributed by atoms with Crippen molar-refractivity contribution >= 4 is 27.9 Å². The third-order valence-electron chi connectivity index (χ3n) is 6.32. The first-order valence-corrected chi connectivity index (χ1v) is 14.4. The largest absolute Gasteiger partial charge is 0.508 e. The van der Waals surface area contributed by atoms with E-state index in [0.29, 0.717) is 22.6 Å². The van der Waals surface area contributed by atoms with Crippen LogP contribution in [0.4, 0.5) is 0 Å². The Kier molecular flexibility index (Phi) is 13.8. The third-order valence-corrected chi connectivity index (χ3v) is 6.32. The molecule has 0 heterocycles. The molecule has 4 aromatic carbocycles. The van der Waals surface area contributed by atoms with Gasteiger partial charge in [0.25, 0.3) is 6.26 Å². The van der Waals surface area contributed by atoms with Crippen LogP contribution in [0, 0.1) is 28.3 Å². The number of halogens is 1. The summed E-state index contributed by atoms with van der Waals surface area (Å²) in [6.07, 6.45) is 1.60. The van der Waals surface area contributed by atoms with Crippen LogP contribution in [0.3, 0.4) is 0 Å². The summed E-state index contributed by atoms with van der Waals surface area (Å²) in [6.45, 7) is 13.7. The molecule has 0 saturated carbocycles. The van der Waals surface area contributed by atoms with Gasteiger partial charge in [0.1, 0.15) is 33.4 Å². The maximum Gasteiger partial charge on any atom is 0.338 e. The first-order valence-electron chi connectivity index (χ1n) is 13.6. The van der Waals surface area contributed by atoms with Crippen LogP contribution in [0.2, 0.25) is 0 Å². The van der Waals surface area contributed by atoms with Gasteiger partial charge in [0.05, 0.1) is 11.1 Å². The van der Waals surface area contributed by atoms with E-state index in [1.165, 1.54) is 48.5 Å². The van der Waals surface area contributed by atoms with Crippen LogP contribution in [0.1, 0.15) is 59.5 Å². The van der Waals surface area contributed by atoms with Gasteiger partial charge in [-0.2, -0.15) is 16.7 Å². The van der Waals surface area contributed by atoms with Gasteiger partial charge < -0.3 is 24.4 Å². The number of esters is 2. The molecule has 47 heavy (non-hydrogen) atoms. The highest BCUT2D eigenvalue weighted by Gasteiger charge is 2.27. The molecule has 0 atom stereocenters. The lowest BCUT2D eigenvalue weighted by Crippen LogP contribution is -2.25. The zero-order valence-electron chi connectivity index (χ0n) is 25.8. The highest BCUT2D eigenvalue weighted by atomic mass is 79.9. The average molecular weight is 701 g/mol. The minimum Gasteiger partial charge on any atom is -0.508 e. The molecule has 4 aromatic rings. The van der Waals surface area contributed by atoms with Gasteiger partial charge in [0.2, 0.25) is 5.75 Å². The molecule has 0 aliphatic heterocycles. The lowest BCUT2D eigenvalue weighted by Gasteiger charge is -2.25. The topological polar surface area (TPSA) is 163 Å². The highest BCUT2D eigenvalue weighted by molar-refractivity contribution is 9.12. The fraction of sp³-hybridized carbons (Fsp3) is 0.171. The number of ether oxygens (including phenoxy) is 3. The lowest BCUT2D eigenvalue weighted by atomic mass is 9.98. The summed E-state index contributed by atoms with van der Waals surface area (Å²) in [5.41, 5.74) is 0.576. The Morgan fingerprint density at radius 2 is 1.02 bits per heavy atom. The van der Waals surface area contributed by atoms with Crippen LogP contribution < -0.4 is 9.57 Å². The van der Waals surface area contributed by atoms with Gasteiger partial charge in [-0.25, -0.2) is 9.59 Å². The summed E-state index contributed by atoms with van der Waals surface area (Å²) in [4.78, 5) is 30.5. The Morgan fingerprint density at radius 3 is 1.40 bits per heavy atom. The molecule has 0 unspecified atom stereocenters. The molecular weight excluding hydrogens is 670 g/mol. The van der Waals surface area contributed by atoms with Crippen molar-refractivity contribution < 1.29 is 38.9 Å². The molecule has 0 aliphatic carbocycles. The van der Waals surface area contributed by atoms with Crippen LogP contribution in [-0.2, 0) is 20.7 Å². The van der Waals surface area contributed by atoms with Crippen LogP contribution in [0.25, 0.3) is 5.01 Å². The zero-order chi connectivity index (χ0) is 35.0. The van der Waals surface area contributed by atoms with Crippen molar-refractivity contribution in [2.75, 3.05) is 0 Å². The monoisotopic (exact) mass is 699 g/mol. The number of nitrogens with zero attached hydrogens (tertiary/aromatic N) is 3. The molecule has 0 amide bonds. The normalized spacial score (nSPS) is 10.1. The second kappa shape index (κ2) is 17.5. The molecule has 0 radical (unpaired) electrons. The minimum atomic E-state index is -0.867. The van der Waals surface area contributed by atoms with E-state index in [9.17, 15) is 19.8 Å². The van der Waals surface area contributed by atoms with Crippen molar-refractivity contribution in [1.82, 2.24) is 0 Å². The smallest absolute Gasteiger partial charge is 0.338 e. The van der Waals surface area contributed by atoms with E-state index >= 15 is 0 Å². The highest BCUT2D eigenvalue weighted by Crippen LogP contribution is 2.29. The molecule has 12 heteroatoms. The van der Waals surface area contributed by atoms with Crippen LogP contribution in [-0.4, -0.2) is 22.2 Å². The summed E-state index contributed by atoms with van der Waals surface area (Å²) in [7, 11) is 0. The second-order valence-corrected chi connectivity index (χ2v) is 10.8. The van der Waals surface area contributed by atoms with Crippen molar-refractivity contribution in [3.05, 3.63) is 131 Å². The summed E-state index contributed by atoms with van der Waals surface area (Å²) in [5.74, 6) is 0.0659. The molecule has 11 nitrogen and oxygen atoms in total. The molecule has 0 fully saturated rings. The Morgan fingerprint density at radius 1 is 0.681 bits per heavy atom. The number of hydrogen-bond donors (Lipinski definition) is 2. The number of aromatic hydroxyl groups is 2. The molecule has 2 N–H and O–H groups in total. The van der Waals surface area contributed by atoms with Crippen molar-refractivity contribution in [2.24, 2.45) is 0 Å². The van der Waals surface area contributed by atoms with E-state index in [2.05, 4.69) is 25.8 Å². The molecule has 240 valence electrons. The first kappa shape index (κ1) is 37.2. The summed E-state index contributed by atoms with van der Waals surface area (Å²) in [6, 6.07) is 25.2. The first-order chi connectivity index (χ1) is 22.3. The van der Waals surface area contributed by atoms with Gasteiger partial charge >= 0.3 is 11.9 Å². The summed E-state index contributed by atoms with van der Waals surface area (Å²) >= 11 is 2.45. The van der Waals surface area contributed by atoms with E-state index in [-0.39, 0.29) is 11.5 Å². The van der Waals surface area contributed by atoms with Crippen molar-refractivity contribution in [3.63, 3.8) is 0 Å². The number of carbonyl (C=O) groups excluding carboxylic acids is 2. The van der Waals surface area contributed by atoms with Crippen molar-refractivity contribution in [3.8, 4) is 34.2 Å². The Hall–Kier alpha value is -6.03. The van der Waals surface area contributed by atoms with Gasteiger partial charge in [-0.3, -0.25) is 0 Å². The number of phenols is 2. The molecule has 0 spiro atoms. The van der Waals surface area contributed by atoms with Gasteiger partial charge in [-0.1, -0.05) is 24.3 Å². The average Bonchev–Trinajstić information content (AvgIpc) is 3.03. The molecule has 0 bridgehead atoms. The molecule has 0 saturated heterocycles. The van der Waals surface area contributed by atoms with Crippen molar-refractivity contribution in [2.45, 2.75) is 38.9 Å².